The van der Waals surface area contributed by atoms with E-state index in [0.717, 1.165) is 29.5 Å². The second kappa shape index (κ2) is 8.39. The maximum atomic E-state index is 12.7. The van der Waals surface area contributed by atoms with Crippen LogP contribution in [0.15, 0.2) is 4.90 Å². The fraction of sp³-hybridized carbons (Fsp3) is 0.579. The van der Waals surface area contributed by atoms with E-state index < -0.39 is 16.0 Å². The molecule has 8 heteroatoms. The van der Waals surface area contributed by atoms with Gasteiger partial charge in [0, 0.05) is 12.6 Å². The molecule has 1 aliphatic rings. The Labute approximate surface area is 160 Å². The molecule has 1 amide bonds. The van der Waals surface area contributed by atoms with E-state index >= 15 is 0 Å². The van der Waals surface area contributed by atoms with Crippen LogP contribution in [0.3, 0.4) is 0 Å². The number of ether oxygens (including phenoxy) is 1. The summed E-state index contributed by atoms with van der Waals surface area (Å²) in [5.41, 5.74) is 4.39. The molecular weight excluding hydrogens is 368 g/mol. The predicted octanol–water partition coefficient (Wildman–Crippen LogP) is 1.72. The Hall–Kier alpha value is -1.93. The second-order valence-electron chi connectivity index (χ2n) is 7.10. The third-order valence-corrected chi connectivity index (χ3v) is 6.86. The molecular formula is C19H28N2O5S. The summed E-state index contributed by atoms with van der Waals surface area (Å²) < 4.78 is 32.8. The molecule has 1 aliphatic carbocycles. The second-order valence-corrected chi connectivity index (χ2v) is 8.81. The Morgan fingerprint density at radius 3 is 2.00 bits per heavy atom. The van der Waals surface area contributed by atoms with E-state index in [9.17, 15) is 18.0 Å². The molecule has 0 bridgehead atoms. The minimum atomic E-state index is -3.76. The minimum absolute atomic E-state index is 0.0870. The van der Waals surface area contributed by atoms with Crippen molar-refractivity contribution in [3.8, 4) is 0 Å². The van der Waals surface area contributed by atoms with Gasteiger partial charge in [0.05, 0.1) is 11.3 Å². The van der Waals surface area contributed by atoms with Gasteiger partial charge in [0.15, 0.2) is 6.61 Å². The first kappa shape index (κ1) is 21.4. The molecule has 0 radical (unpaired) electrons. The van der Waals surface area contributed by atoms with E-state index in [4.69, 9.17) is 4.74 Å². The van der Waals surface area contributed by atoms with Gasteiger partial charge in [0.2, 0.25) is 10.0 Å². The number of amides is 1. The average Bonchev–Trinajstić information content (AvgIpc) is 3.40. The smallest absolute Gasteiger partial charge is 0.307 e. The molecule has 0 aromatic heterocycles. The molecule has 2 rings (SSSR count). The molecule has 1 aromatic rings. The van der Waals surface area contributed by atoms with E-state index in [1.807, 2.05) is 20.8 Å². The SMILES string of the molecule is Cc1c(C)c(C)c(S(=O)(=O)NCCC(=O)OCC(=O)NC2CC2)c(C)c1C. The lowest BCUT2D eigenvalue weighted by Gasteiger charge is -2.19. The first-order chi connectivity index (χ1) is 12.5. The van der Waals surface area contributed by atoms with Crippen LogP contribution in [0.25, 0.3) is 0 Å². The van der Waals surface area contributed by atoms with E-state index in [0.29, 0.717) is 11.1 Å². The van der Waals surface area contributed by atoms with Crippen molar-refractivity contribution in [2.75, 3.05) is 13.2 Å². The number of benzene rings is 1. The van der Waals surface area contributed by atoms with Gasteiger partial charge in [0.1, 0.15) is 0 Å². The van der Waals surface area contributed by atoms with Crippen molar-refractivity contribution in [2.45, 2.75) is 64.8 Å². The Morgan fingerprint density at radius 1 is 0.963 bits per heavy atom. The van der Waals surface area contributed by atoms with Gasteiger partial charge in [-0.2, -0.15) is 0 Å². The fourth-order valence-electron chi connectivity index (χ4n) is 2.94. The first-order valence-corrected chi connectivity index (χ1v) is 10.5. The first-order valence-electron chi connectivity index (χ1n) is 9.06. The van der Waals surface area contributed by atoms with Crippen LogP contribution in [-0.2, 0) is 24.3 Å². The summed E-state index contributed by atoms with van der Waals surface area (Å²) in [5.74, 6) is -0.948. The summed E-state index contributed by atoms with van der Waals surface area (Å²) in [6, 6.07) is 0.205. The third-order valence-electron chi connectivity index (χ3n) is 5.13. The number of esters is 1. The number of hydrogen-bond acceptors (Lipinski definition) is 5. The van der Waals surface area contributed by atoms with Crippen LogP contribution in [0.5, 0.6) is 0 Å². The van der Waals surface area contributed by atoms with Crippen LogP contribution in [-0.4, -0.2) is 39.5 Å². The van der Waals surface area contributed by atoms with Crippen molar-refractivity contribution in [1.82, 2.24) is 10.0 Å². The van der Waals surface area contributed by atoms with Gasteiger partial charge < -0.3 is 10.1 Å². The Kier molecular flexibility index (Phi) is 6.64. The number of rotatable bonds is 8. The zero-order valence-electron chi connectivity index (χ0n) is 16.6. The third kappa shape index (κ3) is 5.29. The molecule has 0 aliphatic heterocycles. The molecule has 2 N–H and O–H groups in total. The summed E-state index contributed by atoms with van der Waals surface area (Å²) in [6.07, 6.45) is 1.77. The summed E-state index contributed by atoms with van der Waals surface area (Å²) in [4.78, 5) is 23.5. The summed E-state index contributed by atoms with van der Waals surface area (Å²) in [5, 5.41) is 2.71. The normalized spacial score (nSPS) is 14.1. The summed E-state index contributed by atoms with van der Waals surface area (Å²) in [6.45, 7) is 8.93. The molecule has 0 spiro atoms. The van der Waals surface area contributed by atoms with Gasteiger partial charge in [-0.1, -0.05) is 0 Å². The van der Waals surface area contributed by atoms with Crippen molar-refractivity contribution < 1.29 is 22.7 Å². The van der Waals surface area contributed by atoms with E-state index in [1.165, 1.54) is 0 Å². The highest BCUT2D eigenvalue weighted by atomic mass is 32.2. The van der Waals surface area contributed by atoms with Gasteiger partial charge in [-0.3, -0.25) is 9.59 Å². The molecule has 150 valence electrons. The monoisotopic (exact) mass is 396 g/mol. The molecule has 0 heterocycles. The molecule has 1 fully saturated rings. The number of carbonyl (C=O) groups excluding carboxylic acids is 2. The standard InChI is InChI=1S/C19H28N2O5S/c1-11-12(2)14(4)19(15(5)13(11)3)27(24,25)20-9-8-18(23)26-10-17(22)21-16-6-7-16/h16,20H,6-10H2,1-5H3,(H,21,22). The van der Waals surface area contributed by atoms with Crippen LogP contribution in [0.2, 0.25) is 0 Å². The molecule has 27 heavy (non-hydrogen) atoms. The highest BCUT2D eigenvalue weighted by Crippen LogP contribution is 2.29. The zero-order chi connectivity index (χ0) is 20.4. The van der Waals surface area contributed by atoms with Crippen molar-refractivity contribution in [3.05, 3.63) is 27.8 Å². The van der Waals surface area contributed by atoms with Crippen molar-refractivity contribution in [1.29, 1.82) is 0 Å². The lowest BCUT2D eigenvalue weighted by atomic mass is 9.95. The van der Waals surface area contributed by atoms with E-state index in [-0.39, 0.29) is 36.4 Å². The van der Waals surface area contributed by atoms with Gasteiger partial charge in [0.25, 0.3) is 5.91 Å². The van der Waals surface area contributed by atoms with Crippen LogP contribution in [0.1, 0.15) is 47.1 Å². The maximum absolute atomic E-state index is 12.7. The Bertz CT molecular complexity index is 828. The van der Waals surface area contributed by atoms with Gasteiger partial charge in [-0.05, 0) is 75.3 Å². The van der Waals surface area contributed by atoms with Crippen LogP contribution in [0.4, 0.5) is 0 Å². The Balaban J connectivity index is 1.93. The number of sulfonamides is 1. The van der Waals surface area contributed by atoms with E-state index in [2.05, 4.69) is 10.0 Å². The van der Waals surface area contributed by atoms with Crippen LogP contribution < -0.4 is 10.0 Å². The highest BCUT2D eigenvalue weighted by molar-refractivity contribution is 7.89. The van der Waals surface area contributed by atoms with Crippen molar-refractivity contribution in [3.63, 3.8) is 0 Å². The largest absolute Gasteiger partial charge is 0.456 e. The van der Waals surface area contributed by atoms with Crippen molar-refractivity contribution in [2.24, 2.45) is 0 Å². The molecule has 0 unspecified atom stereocenters. The summed E-state index contributed by atoms with van der Waals surface area (Å²) in [7, 11) is -3.76. The maximum Gasteiger partial charge on any atom is 0.307 e. The lowest BCUT2D eigenvalue weighted by molar-refractivity contribution is -0.148. The summed E-state index contributed by atoms with van der Waals surface area (Å²) >= 11 is 0. The number of carbonyl (C=O) groups is 2. The molecule has 1 saturated carbocycles. The predicted molar refractivity (Wildman–Crippen MR) is 102 cm³/mol. The van der Waals surface area contributed by atoms with Gasteiger partial charge in [-0.25, -0.2) is 13.1 Å². The molecule has 0 atom stereocenters. The number of hydrogen-bond donors (Lipinski definition) is 2. The zero-order valence-corrected chi connectivity index (χ0v) is 17.4. The molecule has 1 aromatic carbocycles. The van der Waals surface area contributed by atoms with Crippen LogP contribution in [0, 0.1) is 34.6 Å². The number of nitrogens with one attached hydrogen (secondary N) is 2. The Morgan fingerprint density at radius 2 is 1.48 bits per heavy atom. The average molecular weight is 397 g/mol. The fourth-order valence-corrected chi connectivity index (χ4v) is 4.57. The minimum Gasteiger partial charge on any atom is -0.456 e. The molecule has 0 saturated heterocycles. The lowest BCUT2D eigenvalue weighted by Crippen LogP contribution is -2.32. The highest BCUT2D eigenvalue weighted by Gasteiger charge is 2.25. The molecule has 7 nitrogen and oxygen atoms in total. The van der Waals surface area contributed by atoms with Gasteiger partial charge in [-0.15, -0.1) is 0 Å². The quantitative estimate of drug-likeness (QED) is 0.652. The van der Waals surface area contributed by atoms with Crippen molar-refractivity contribution >= 4 is 21.9 Å². The van der Waals surface area contributed by atoms with Crippen LogP contribution >= 0.6 is 0 Å². The topological polar surface area (TPSA) is 102 Å². The van der Waals surface area contributed by atoms with E-state index in [1.54, 1.807) is 13.8 Å². The van der Waals surface area contributed by atoms with Gasteiger partial charge >= 0.3 is 5.97 Å².